The number of imidazole rings is 1. The first-order valence-corrected chi connectivity index (χ1v) is 11.3. The SMILES string of the molecule is Nc1ncnc2cc(CN3CCN(Cc4nc5ccc(Cl)cc5[nH]4)CC3=O)ccc12.O=C(O)C(F)(F)F. The number of hydrogen-bond donors (Lipinski definition) is 3. The number of H-pyrrole nitrogens is 1. The van der Waals surface area contributed by atoms with Crippen molar-refractivity contribution in [3.63, 3.8) is 0 Å². The number of rotatable bonds is 4. The van der Waals surface area contributed by atoms with Crippen LogP contribution in [0.4, 0.5) is 19.0 Å². The number of alkyl halides is 3. The molecule has 1 saturated heterocycles. The van der Waals surface area contributed by atoms with Gasteiger partial charge >= 0.3 is 12.1 Å². The van der Waals surface area contributed by atoms with Gasteiger partial charge in [0.2, 0.25) is 5.91 Å². The van der Waals surface area contributed by atoms with Crippen LogP contribution in [0.25, 0.3) is 21.9 Å². The van der Waals surface area contributed by atoms with Gasteiger partial charge in [0.25, 0.3) is 0 Å². The Morgan fingerprint density at radius 1 is 1.11 bits per heavy atom. The summed E-state index contributed by atoms with van der Waals surface area (Å²) in [5.74, 6) is -1.36. The van der Waals surface area contributed by atoms with E-state index in [0.717, 1.165) is 39.9 Å². The normalized spacial score (nSPS) is 14.6. The monoisotopic (exact) mass is 535 g/mol. The maximum Gasteiger partial charge on any atom is 0.490 e. The summed E-state index contributed by atoms with van der Waals surface area (Å²) >= 11 is 6.04. The number of halogens is 4. The van der Waals surface area contributed by atoms with Crippen LogP contribution in [-0.4, -0.2) is 72.5 Å². The van der Waals surface area contributed by atoms with Crippen molar-refractivity contribution in [2.45, 2.75) is 19.3 Å². The summed E-state index contributed by atoms with van der Waals surface area (Å²) in [4.78, 5) is 41.8. The van der Waals surface area contributed by atoms with Gasteiger partial charge in [0.05, 0.1) is 29.6 Å². The third-order valence-corrected chi connectivity index (χ3v) is 5.85. The summed E-state index contributed by atoms with van der Waals surface area (Å²) in [7, 11) is 0. The number of anilines is 1. The quantitative estimate of drug-likeness (QED) is 0.362. The Hall–Kier alpha value is -3.97. The van der Waals surface area contributed by atoms with E-state index in [0.29, 0.717) is 37.0 Å². The van der Waals surface area contributed by atoms with Crippen molar-refractivity contribution >= 4 is 51.2 Å². The van der Waals surface area contributed by atoms with Gasteiger partial charge in [-0.2, -0.15) is 13.2 Å². The molecule has 10 nitrogen and oxygen atoms in total. The molecule has 1 aliphatic rings. The highest BCUT2D eigenvalue weighted by molar-refractivity contribution is 6.31. The summed E-state index contributed by atoms with van der Waals surface area (Å²) in [6, 6.07) is 11.4. The van der Waals surface area contributed by atoms with Crippen molar-refractivity contribution in [1.82, 2.24) is 29.7 Å². The molecule has 2 aromatic heterocycles. The minimum absolute atomic E-state index is 0.0997. The molecule has 14 heteroatoms. The minimum Gasteiger partial charge on any atom is -0.475 e. The molecule has 0 saturated carbocycles. The first-order valence-electron chi connectivity index (χ1n) is 10.9. The number of carboxylic acid groups (broad SMARTS) is 1. The van der Waals surface area contributed by atoms with E-state index in [9.17, 15) is 18.0 Å². The van der Waals surface area contributed by atoms with Crippen LogP contribution in [0.5, 0.6) is 0 Å². The van der Waals surface area contributed by atoms with Gasteiger partial charge in [-0.3, -0.25) is 9.69 Å². The molecule has 2 aromatic carbocycles. The molecule has 0 spiro atoms. The zero-order valence-electron chi connectivity index (χ0n) is 19.2. The highest BCUT2D eigenvalue weighted by Crippen LogP contribution is 2.21. The van der Waals surface area contributed by atoms with Crippen LogP contribution in [0.3, 0.4) is 0 Å². The highest BCUT2D eigenvalue weighted by atomic mass is 35.5. The van der Waals surface area contributed by atoms with Crippen molar-refractivity contribution in [1.29, 1.82) is 0 Å². The summed E-state index contributed by atoms with van der Waals surface area (Å²) in [5.41, 5.74) is 9.48. The lowest BCUT2D eigenvalue weighted by atomic mass is 10.1. The molecule has 194 valence electrons. The molecule has 37 heavy (non-hydrogen) atoms. The number of aliphatic carboxylic acids is 1. The van der Waals surface area contributed by atoms with Crippen LogP contribution in [0.2, 0.25) is 5.02 Å². The van der Waals surface area contributed by atoms with Gasteiger partial charge in [-0.1, -0.05) is 17.7 Å². The number of hydrogen-bond acceptors (Lipinski definition) is 7. The number of aromatic amines is 1. The van der Waals surface area contributed by atoms with Gasteiger partial charge in [0.1, 0.15) is 18.0 Å². The van der Waals surface area contributed by atoms with E-state index in [1.165, 1.54) is 6.33 Å². The van der Waals surface area contributed by atoms with Gasteiger partial charge in [-0.05, 0) is 35.9 Å². The van der Waals surface area contributed by atoms with Gasteiger partial charge in [-0.25, -0.2) is 19.7 Å². The Kier molecular flexibility index (Phi) is 7.45. The van der Waals surface area contributed by atoms with Crippen molar-refractivity contribution in [3.8, 4) is 0 Å². The van der Waals surface area contributed by atoms with Gasteiger partial charge in [0.15, 0.2) is 0 Å². The first-order chi connectivity index (χ1) is 17.5. The number of amides is 1. The molecule has 4 aromatic rings. The number of piperazine rings is 1. The third kappa shape index (κ3) is 6.43. The number of aromatic nitrogens is 4. The zero-order valence-corrected chi connectivity index (χ0v) is 19.9. The van der Waals surface area contributed by atoms with Crippen molar-refractivity contribution in [3.05, 3.63) is 59.1 Å². The van der Waals surface area contributed by atoms with Crippen molar-refractivity contribution < 1.29 is 27.9 Å². The summed E-state index contributed by atoms with van der Waals surface area (Å²) in [6.45, 7) is 2.95. The van der Waals surface area contributed by atoms with Crippen LogP contribution in [-0.2, 0) is 22.7 Å². The number of carboxylic acids is 1. The molecule has 4 N–H and O–H groups in total. The topological polar surface area (TPSA) is 141 Å². The summed E-state index contributed by atoms with van der Waals surface area (Å²) in [6.07, 6.45) is -3.63. The Balaban J connectivity index is 0.000000405. The average molecular weight is 536 g/mol. The lowest BCUT2D eigenvalue weighted by Gasteiger charge is -2.34. The van der Waals surface area contributed by atoms with Crippen molar-refractivity contribution in [2.75, 3.05) is 25.4 Å². The predicted molar refractivity (Wildman–Crippen MR) is 129 cm³/mol. The smallest absolute Gasteiger partial charge is 0.475 e. The Bertz CT molecular complexity index is 1460. The summed E-state index contributed by atoms with van der Waals surface area (Å²) < 4.78 is 31.7. The van der Waals surface area contributed by atoms with Gasteiger partial charge in [-0.15, -0.1) is 0 Å². The fourth-order valence-corrected chi connectivity index (χ4v) is 4.00. The molecule has 0 atom stereocenters. The Morgan fingerprint density at radius 2 is 1.86 bits per heavy atom. The molecule has 0 aliphatic carbocycles. The molecular formula is C23H21ClF3N7O3. The van der Waals surface area contributed by atoms with Gasteiger partial charge < -0.3 is 20.7 Å². The van der Waals surface area contributed by atoms with Crippen LogP contribution in [0, 0.1) is 0 Å². The highest BCUT2D eigenvalue weighted by Gasteiger charge is 2.38. The van der Waals surface area contributed by atoms with Crippen LogP contribution < -0.4 is 5.73 Å². The van der Waals surface area contributed by atoms with E-state index in [-0.39, 0.29) is 5.91 Å². The number of carbonyl (C=O) groups is 2. The fourth-order valence-electron chi connectivity index (χ4n) is 3.82. The third-order valence-electron chi connectivity index (χ3n) is 5.61. The van der Waals surface area contributed by atoms with Crippen LogP contribution >= 0.6 is 11.6 Å². The molecule has 1 amide bonds. The molecule has 0 unspecified atom stereocenters. The molecular weight excluding hydrogens is 515 g/mol. The lowest BCUT2D eigenvalue weighted by molar-refractivity contribution is -0.192. The van der Waals surface area contributed by atoms with Gasteiger partial charge in [0, 0.05) is 30.0 Å². The Morgan fingerprint density at radius 3 is 2.57 bits per heavy atom. The number of nitrogens with one attached hydrogen (secondary N) is 1. The number of nitrogens with zero attached hydrogens (tertiary/aromatic N) is 5. The molecule has 1 fully saturated rings. The Labute approximate surface area is 212 Å². The number of nitrogens with two attached hydrogens (primary N) is 1. The number of fused-ring (bicyclic) bond motifs is 2. The lowest BCUT2D eigenvalue weighted by Crippen LogP contribution is -2.49. The van der Waals surface area contributed by atoms with E-state index in [4.69, 9.17) is 27.2 Å². The van der Waals surface area contributed by atoms with Crippen LogP contribution in [0.15, 0.2) is 42.7 Å². The number of benzene rings is 2. The second-order valence-electron chi connectivity index (χ2n) is 8.28. The first kappa shape index (κ1) is 26.1. The van der Waals surface area contributed by atoms with E-state index < -0.39 is 12.1 Å². The van der Waals surface area contributed by atoms with E-state index in [1.54, 1.807) is 0 Å². The van der Waals surface area contributed by atoms with E-state index in [2.05, 4.69) is 24.8 Å². The number of nitrogen functional groups attached to an aromatic ring is 1. The second kappa shape index (κ2) is 10.6. The van der Waals surface area contributed by atoms with E-state index in [1.807, 2.05) is 41.3 Å². The molecule has 3 heterocycles. The maximum atomic E-state index is 12.7. The summed E-state index contributed by atoms with van der Waals surface area (Å²) in [5, 5.41) is 8.62. The minimum atomic E-state index is -5.08. The van der Waals surface area contributed by atoms with Crippen molar-refractivity contribution in [2.24, 2.45) is 0 Å². The largest absolute Gasteiger partial charge is 0.490 e. The van der Waals surface area contributed by atoms with Crippen LogP contribution in [0.1, 0.15) is 11.4 Å². The fraction of sp³-hybridized carbons (Fsp3) is 0.261. The molecule has 0 radical (unpaired) electrons. The average Bonchev–Trinajstić information content (AvgIpc) is 3.22. The van der Waals surface area contributed by atoms with E-state index >= 15 is 0 Å². The maximum absolute atomic E-state index is 12.7. The molecule has 5 rings (SSSR count). The zero-order chi connectivity index (χ0) is 26.7. The second-order valence-corrected chi connectivity index (χ2v) is 8.72. The molecule has 0 bridgehead atoms. The molecule has 1 aliphatic heterocycles. The number of carbonyl (C=O) groups excluding carboxylic acids is 1. The predicted octanol–water partition coefficient (Wildman–Crippen LogP) is 3.22. The standard InChI is InChI=1S/C21H20ClN7O.C2HF3O2/c22-14-2-4-16-18(8-14)27-19(26-16)10-28-5-6-29(20(30)11-28)9-13-1-3-15-17(7-13)24-12-25-21(15)23;3-2(4,5)1(6)7/h1-4,7-8,12H,5-6,9-11H2,(H,26,27)(H2,23,24,25);(H,6,7).